The Hall–Kier alpha value is -1.63. The van der Waals surface area contributed by atoms with Crippen molar-refractivity contribution in [3.05, 3.63) is 30.5 Å². The number of ether oxygens (including phenoxy) is 2. The second-order valence-corrected chi connectivity index (χ2v) is 6.72. The van der Waals surface area contributed by atoms with E-state index in [1.807, 2.05) is 52.0 Å². The van der Waals surface area contributed by atoms with E-state index in [-0.39, 0.29) is 18.0 Å². The van der Waals surface area contributed by atoms with Gasteiger partial charge >= 0.3 is 7.12 Å². The van der Waals surface area contributed by atoms with Crippen molar-refractivity contribution in [3.8, 4) is 5.75 Å². The first-order valence-electron chi connectivity index (χ1n) is 7.70. The molecule has 0 spiro atoms. The van der Waals surface area contributed by atoms with Crippen molar-refractivity contribution in [1.82, 2.24) is 4.98 Å². The molecular weight excluding hydrogens is 293 g/mol. The lowest BCUT2D eigenvalue weighted by molar-refractivity contribution is 0.00578. The largest absolute Gasteiger partial charge is 0.494 e. The Kier molecular flexibility index (Phi) is 4.08. The molecule has 0 saturated carbocycles. The highest BCUT2D eigenvalue weighted by Crippen LogP contribution is 2.36. The number of hydrogen-bond donors (Lipinski definition) is 0. The van der Waals surface area contributed by atoms with Crippen LogP contribution in [0.1, 0.15) is 27.7 Å². The van der Waals surface area contributed by atoms with E-state index in [9.17, 15) is 0 Å². The van der Waals surface area contributed by atoms with Gasteiger partial charge in [-0.3, -0.25) is 4.98 Å². The maximum absolute atomic E-state index is 6.09. The van der Waals surface area contributed by atoms with Crippen LogP contribution in [0, 0.1) is 0 Å². The molecule has 0 atom stereocenters. The Bertz CT molecular complexity index is 701. The first-order chi connectivity index (χ1) is 10.8. The minimum Gasteiger partial charge on any atom is -0.467 e. The second kappa shape index (κ2) is 5.78. The number of nitrogens with zero attached hydrogens (tertiary/aromatic N) is 1. The summed E-state index contributed by atoms with van der Waals surface area (Å²) in [6, 6.07) is 7.78. The summed E-state index contributed by atoms with van der Waals surface area (Å²) in [5.74, 6) is 0.748. The van der Waals surface area contributed by atoms with Gasteiger partial charge in [0.2, 0.25) is 0 Å². The molecule has 1 fully saturated rings. The van der Waals surface area contributed by atoms with E-state index in [2.05, 4.69) is 4.98 Å². The number of rotatable bonds is 4. The van der Waals surface area contributed by atoms with Crippen molar-refractivity contribution in [3.63, 3.8) is 0 Å². The van der Waals surface area contributed by atoms with Crippen LogP contribution in [-0.4, -0.2) is 37.2 Å². The zero-order valence-electron chi connectivity index (χ0n) is 14.3. The minimum absolute atomic E-state index is 0.206. The monoisotopic (exact) mass is 315 g/mol. The molecule has 122 valence electrons. The molecule has 0 N–H and O–H groups in total. The van der Waals surface area contributed by atoms with Crippen molar-refractivity contribution in [2.45, 2.75) is 38.9 Å². The molecule has 0 unspecified atom stereocenters. The Labute approximate surface area is 137 Å². The molecular formula is C17H22BNO4. The number of fused-ring (bicyclic) bond motifs is 1. The second-order valence-electron chi connectivity index (χ2n) is 6.72. The average Bonchev–Trinajstić information content (AvgIpc) is 2.73. The van der Waals surface area contributed by atoms with Gasteiger partial charge in [-0.1, -0.05) is 6.07 Å². The van der Waals surface area contributed by atoms with Gasteiger partial charge in [0, 0.05) is 18.7 Å². The van der Waals surface area contributed by atoms with Gasteiger partial charge in [-0.15, -0.1) is 0 Å². The summed E-state index contributed by atoms with van der Waals surface area (Å²) in [6.07, 6.45) is 1.72. The standard InChI is InChI=1S/C17H22BNO4/c1-16(2)17(3,4)23-18(22-16)12-6-7-13-14(10-12)19-9-8-15(13)21-11-20-5/h6-10H,11H2,1-5H3. The van der Waals surface area contributed by atoms with Crippen molar-refractivity contribution in [2.24, 2.45) is 0 Å². The van der Waals surface area contributed by atoms with Crippen molar-refractivity contribution in [1.29, 1.82) is 0 Å². The lowest BCUT2D eigenvalue weighted by atomic mass is 9.78. The van der Waals surface area contributed by atoms with Crippen molar-refractivity contribution in [2.75, 3.05) is 13.9 Å². The first kappa shape index (κ1) is 16.2. The Morgan fingerprint density at radius 3 is 2.43 bits per heavy atom. The Morgan fingerprint density at radius 1 is 1.09 bits per heavy atom. The summed E-state index contributed by atoms with van der Waals surface area (Å²) in [6.45, 7) is 8.38. The highest BCUT2D eigenvalue weighted by Gasteiger charge is 2.51. The molecule has 0 aliphatic carbocycles. The molecule has 23 heavy (non-hydrogen) atoms. The molecule has 1 aliphatic rings. The molecule has 1 aliphatic heterocycles. The van der Waals surface area contributed by atoms with E-state index < -0.39 is 7.12 Å². The first-order valence-corrected chi connectivity index (χ1v) is 7.70. The normalized spacial score (nSPS) is 19.3. The molecule has 1 aromatic heterocycles. The smallest absolute Gasteiger partial charge is 0.467 e. The van der Waals surface area contributed by atoms with Crippen LogP contribution in [0.15, 0.2) is 30.5 Å². The van der Waals surface area contributed by atoms with E-state index in [0.717, 1.165) is 22.1 Å². The summed E-state index contributed by atoms with van der Waals surface area (Å²) in [7, 11) is 1.20. The molecule has 5 nitrogen and oxygen atoms in total. The summed E-state index contributed by atoms with van der Waals surface area (Å²) in [5, 5.41) is 0.935. The molecule has 0 amide bonds. The van der Waals surface area contributed by atoms with Crippen LogP contribution < -0.4 is 10.2 Å². The lowest BCUT2D eigenvalue weighted by Gasteiger charge is -2.32. The Balaban J connectivity index is 1.93. The van der Waals surface area contributed by atoms with Gasteiger partial charge < -0.3 is 18.8 Å². The van der Waals surface area contributed by atoms with Crippen LogP contribution in [0.4, 0.5) is 0 Å². The van der Waals surface area contributed by atoms with Crippen LogP contribution >= 0.6 is 0 Å². The van der Waals surface area contributed by atoms with Gasteiger partial charge in [0.1, 0.15) is 5.75 Å². The van der Waals surface area contributed by atoms with Crippen LogP contribution in [0.25, 0.3) is 10.9 Å². The number of pyridine rings is 1. The molecule has 2 heterocycles. The fraction of sp³-hybridized carbons (Fsp3) is 0.471. The van der Waals surface area contributed by atoms with Gasteiger partial charge in [-0.2, -0.15) is 0 Å². The highest BCUT2D eigenvalue weighted by atomic mass is 16.7. The number of methoxy groups -OCH3 is 1. The molecule has 2 aromatic rings. The molecule has 1 saturated heterocycles. The van der Waals surface area contributed by atoms with Gasteiger partial charge in [-0.05, 0) is 51.4 Å². The molecule has 0 radical (unpaired) electrons. The SMILES string of the molecule is COCOc1ccnc2cc(B3OC(C)(C)C(C)(C)O3)ccc12. The van der Waals surface area contributed by atoms with E-state index in [0.29, 0.717) is 0 Å². The van der Waals surface area contributed by atoms with E-state index >= 15 is 0 Å². The van der Waals surface area contributed by atoms with E-state index in [4.69, 9.17) is 18.8 Å². The van der Waals surface area contributed by atoms with Gasteiger partial charge in [0.05, 0.1) is 16.7 Å². The lowest BCUT2D eigenvalue weighted by Crippen LogP contribution is -2.41. The van der Waals surface area contributed by atoms with Crippen LogP contribution in [0.3, 0.4) is 0 Å². The van der Waals surface area contributed by atoms with Crippen LogP contribution in [-0.2, 0) is 14.0 Å². The van der Waals surface area contributed by atoms with Gasteiger partial charge in [0.25, 0.3) is 0 Å². The summed E-state index contributed by atoms with van der Waals surface area (Å²) >= 11 is 0. The zero-order chi connectivity index (χ0) is 16.7. The predicted molar refractivity (Wildman–Crippen MR) is 90.0 cm³/mol. The molecule has 3 rings (SSSR count). The third-order valence-corrected chi connectivity index (χ3v) is 4.58. The maximum Gasteiger partial charge on any atom is 0.494 e. The predicted octanol–water partition coefficient (Wildman–Crippen LogP) is 2.52. The van der Waals surface area contributed by atoms with Crippen LogP contribution in [0.5, 0.6) is 5.75 Å². The molecule has 0 bridgehead atoms. The van der Waals surface area contributed by atoms with E-state index in [1.165, 1.54) is 0 Å². The Morgan fingerprint density at radius 2 is 1.78 bits per heavy atom. The van der Waals surface area contributed by atoms with Gasteiger partial charge in [0.15, 0.2) is 6.79 Å². The van der Waals surface area contributed by atoms with Crippen molar-refractivity contribution < 1.29 is 18.8 Å². The fourth-order valence-electron chi connectivity index (χ4n) is 2.51. The maximum atomic E-state index is 6.09. The minimum atomic E-state index is -0.394. The third kappa shape index (κ3) is 2.94. The highest BCUT2D eigenvalue weighted by molar-refractivity contribution is 6.62. The summed E-state index contributed by atoms with van der Waals surface area (Å²) in [4.78, 5) is 4.42. The van der Waals surface area contributed by atoms with E-state index in [1.54, 1.807) is 13.3 Å². The zero-order valence-corrected chi connectivity index (χ0v) is 14.3. The fourth-order valence-corrected chi connectivity index (χ4v) is 2.51. The third-order valence-electron chi connectivity index (χ3n) is 4.58. The average molecular weight is 315 g/mol. The quantitative estimate of drug-likeness (QED) is 0.641. The van der Waals surface area contributed by atoms with Crippen molar-refractivity contribution >= 4 is 23.5 Å². The summed E-state index contributed by atoms with van der Waals surface area (Å²) < 4.78 is 22.7. The topological polar surface area (TPSA) is 49.8 Å². The molecule has 1 aromatic carbocycles. The number of benzene rings is 1. The van der Waals surface area contributed by atoms with Crippen LogP contribution in [0.2, 0.25) is 0 Å². The number of aromatic nitrogens is 1. The van der Waals surface area contributed by atoms with Gasteiger partial charge in [-0.25, -0.2) is 0 Å². The number of hydrogen-bond acceptors (Lipinski definition) is 5. The summed E-state index contributed by atoms with van der Waals surface area (Å²) in [5.41, 5.74) is 1.07. The molecule has 6 heteroatoms.